The molecule has 0 aliphatic heterocycles. The lowest BCUT2D eigenvalue weighted by Crippen LogP contribution is -2.16. The lowest BCUT2D eigenvalue weighted by atomic mass is 9.95. The maximum Gasteiger partial charge on any atom is 0.0720 e. The molecule has 2 aromatic carbocycles. The summed E-state index contributed by atoms with van der Waals surface area (Å²) in [6.07, 6.45) is 6.17. The van der Waals surface area contributed by atoms with Crippen LogP contribution < -0.4 is 5.73 Å². The van der Waals surface area contributed by atoms with Crippen LogP contribution in [0.3, 0.4) is 0 Å². The van der Waals surface area contributed by atoms with Crippen molar-refractivity contribution in [3.63, 3.8) is 0 Å². The fourth-order valence-electron chi connectivity index (χ4n) is 3.43. The van der Waals surface area contributed by atoms with Gasteiger partial charge in [-0.25, -0.2) is 0 Å². The van der Waals surface area contributed by atoms with Crippen LogP contribution in [0.5, 0.6) is 0 Å². The van der Waals surface area contributed by atoms with E-state index in [4.69, 9.17) is 27.7 Å². The Morgan fingerprint density at radius 2 is 1.78 bits per heavy atom. The summed E-state index contributed by atoms with van der Waals surface area (Å²) in [7, 11) is 0. The van der Waals surface area contributed by atoms with Crippen molar-refractivity contribution in [3.8, 4) is 0 Å². The minimum absolute atomic E-state index is 0.346. The number of allylic oxidation sites excluding steroid dienone is 3. The molecule has 4 nitrogen and oxygen atoms in total. The first-order valence-corrected chi connectivity index (χ1v) is 11.3. The third-order valence-electron chi connectivity index (χ3n) is 5.09. The molecule has 0 aliphatic carbocycles. The molecule has 0 saturated heterocycles. The Hall–Kier alpha value is -2.98. The normalized spacial score (nSPS) is 13.4. The standard InChI is InChI=1S/C27H33ClN4/c1-6-8-15-31-20(5)26(19(4)29)27(30)23-14-13-21(7-2)25(17-23)32-18(3)16-22-11-9-10-12-24(22)28/h8-15,17,30H,6-7,16,29H2,1-5H3/b15-8+,26-19-,30-27?,31-20+,32-18?. The zero-order chi connectivity index (χ0) is 23.7. The highest BCUT2D eigenvalue weighted by Gasteiger charge is 2.15. The fraction of sp³-hybridized carbons (Fsp3) is 0.296. The highest BCUT2D eigenvalue weighted by molar-refractivity contribution is 6.31. The second-order valence-electron chi connectivity index (χ2n) is 7.75. The van der Waals surface area contributed by atoms with Gasteiger partial charge in [0.1, 0.15) is 0 Å². The summed E-state index contributed by atoms with van der Waals surface area (Å²) in [5, 5.41) is 9.58. The Morgan fingerprint density at radius 3 is 2.41 bits per heavy atom. The monoisotopic (exact) mass is 448 g/mol. The van der Waals surface area contributed by atoms with Gasteiger partial charge in [0.15, 0.2) is 0 Å². The summed E-state index contributed by atoms with van der Waals surface area (Å²) in [6, 6.07) is 13.8. The highest BCUT2D eigenvalue weighted by Crippen LogP contribution is 2.25. The van der Waals surface area contributed by atoms with Crippen LogP contribution in [0.2, 0.25) is 5.02 Å². The third kappa shape index (κ3) is 6.76. The van der Waals surface area contributed by atoms with Gasteiger partial charge in [-0.1, -0.05) is 61.9 Å². The number of benzene rings is 2. The zero-order valence-electron chi connectivity index (χ0n) is 19.7. The van der Waals surface area contributed by atoms with E-state index in [1.807, 2.05) is 62.4 Å². The predicted octanol–water partition coefficient (Wildman–Crippen LogP) is 7.22. The number of nitrogens with two attached hydrogens (primary N) is 1. The van der Waals surface area contributed by atoms with Crippen LogP contribution in [0.1, 0.15) is 57.7 Å². The van der Waals surface area contributed by atoms with Gasteiger partial charge in [0.2, 0.25) is 0 Å². The fourth-order valence-corrected chi connectivity index (χ4v) is 3.63. The van der Waals surface area contributed by atoms with E-state index in [0.717, 1.165) is 51.7 Å². The maximum atomic E-state index is 8.83. The van der Waals surface area contributed by atoms with Gasteiger partial charge in [-0.3, -0.25) is 15.4 Å². The smallest absolute Gasteiger partial charge is 0.0720 e. The van der Waals surface area contributed by atoms with Crippen molar-refractivity contribution >= 4 is 34.4 Å². The van der Waals surface area contributed by atoms with E-state index in [-0.39, 0.29) is 0 Å². The Morgan fingerprint density at radius 1 is 1.06 bits per heavy atom. The van der Waals surface area contributed by atoms with Crippen molar-refractivity contribution in [2.45, 2.75) is 53.9 Å². The summed E-state index contributed by atoms with van der Waals surface area (Å²) in [5.74, 6) is 0. The SMILES string of the molecule is CC/C=C/N=C(C)/C(C(=N)c1ccc(CC)c(N=C(C)Cc2ccccc2Cl)c1)=C(\C)N. The summed E-state index contributed by atoms with van der Waals surface area (Å²) >= 11 is 6.32. The number of hydrogen-bond donors (Lipinski definition) is 2. The molecule has 0 radical (unpaired) electrons. The number of hydrogen-bond acceptors (Lipinski definition) is 4. The summed E-state index contributed by atoms with van der Waals surface area (Å²) in [6.45, 7) is 9.86. The van der Waals surface area contributed by atoms with Crippen LogP contribution in [0.4, 0.5) is 5.69 Å². The van der Waals surface area contributed by atoms with E-state index < -0.39 is 0 Å². The van der Waals surface area contributed by atoms with Gasteiger partial charge < -0.3 is 5.73 Å². The van der Waals surface area contributed by atoms with Crippen LogP contribution in [0.15, 0.2) is 76.0 Å². The molecule has 0 heterocycles. The molecule has 0 amide bonds. The quantitative estimate of drug-likeness (QED) is 0.390. The van der Waals surface area contributed by atoms with E-state index in [9.17, 15) is 0 Å². The lowest BCUT2D eigenvalue weighted by molar-refractivity contribution is 1.13. The summed E-state index contributed by atoms with van der Waals surface area (Å²) in [5.41, 5.74) is 13.2. The molecular weight excluding hydrogens is 416 g/mol. The van der Waals surface area contributed by atoms with Gasteiger partial charge in [0.05, 0.1) is 11.4 Å². The first-order valence-electron chi connectivity index (χ1n) is 10.9. The molecule has 0 aromatic heterocycles. The largest absolute Gasteiger partial charge is 0.402 e. The number of aryl methyl sites for hydroxylation is 1. The Bertz CT molecular complexity index is 1090. The van der Waals surface area contributed by atoms with Crippen LogP contribution in [0.25, 0.3) is 0 Å². The second kappa shape index (κ2) is 12.2. The Labute approximate surface area is 197 Å². The van der Waals surface area contributed by atoms with Gasteiger partial charge >= 0.3 is 0 Å². The van der Waals surface area contributed by atoms with E-state index in [1.165, 1.54) is 0 Å². The van der Waals surface area contributed by atoms with Gasteiger partial charge in [0.25, 0.3) is 0 Å². The molecule has 5 heteroatoms. The molecule has 0 aliphatic rings. The van der Waals surface area contributed by atoms with E-state index >= 15 is 0 Å². The number of aliphatic imine (C=N–C) groups is 2. The molecule has 0 unspecified atom stereocenters. The van der Waals surface area contributed by atoms with Crippen molar-refractivity contribution < 1.29 is 0 Å². The molecule has 0 atom stereocenters. The van der Waals surface area contributed by atoms with Crippen LogP contribution in [0, 0.1) is 5.41 Å². The van der Waals surface area contributed by atoms with Gasteiger partial charge in [0, 0.05) is 45.9 Å². The number of nitrogens with zero attached hydrogens (tertiary/aromatic N) is 2. The first-order chi connectivity index (χ1) is 15.3. The Balaban J connectivity index is 2.42. The van der Waals surface area contributed by atoms with Crippen molar-refractivity contribution in [3.05, 3.63) is 87.7 Å². The molecule has 32 heavy (non-hydrogen) atoms. The highest BCUT2D eigenvalue weighted by atomic mass is 35.5. The van der Waals surface area contributed by atoms with Gasteiger partial charge in [-0.15, -0.1) is 0 Å². The van der Waals surface area contributed by atoms with Crippen molar-refractivity contribution in [2.75, 3.05) is 0 Å². The van der Waals surface area contributed by atoms with Crippen LogP contribution >= 0.6 is 11.6 Å². The topological polar surface area (TPSA) is 74.6 Å². The van der Waals surface area contributed by atoms with Crippen molar-refractivity contribution in [1.29, 1.82) is 5.41 Å². The van der Waals surface area contributed by atoms with Gasteiger partial charge in [-0.2, -0.15) is 0 Å². The minimum atomic E-state index is 0.346. The van der Waals surface area contributed by atoms with Crippen LogP contribution in [-0.2, 0) is 12.8 Å². The molecule has 0 saturated carbocycles. The molecule has 0 fully saturated rings. The zero-order valence-corrected chi connectivity index (χ0v) is 20.4. The average Bonchev–Trinajstić information content (AvgIpc) is 2.75. The predicted molar refractivity (Wildman–Crippen MR) is 140 cm³/mol. The number of halogens is 1. The van der Waals surface area contributed by atoms with Crippen molar-refractivity contribution in [1.82, 2.24) is 0 Å². The molecule has 168 valence electrons. The maximum absolute atomic E-state index is 8.83. The lowest BCUT2D eigenvalue weighted by Gasteiger charge is -2.14. The number of nitrogens with one attached hydrogen (secondary N) is 1. The molecular formula is C27H33ClN4. The molecule has 0 bridgehead atoms. The van der Waals surface area contributed by atoms with Crippen molar-refractivity contribution in [2.24, 2.45) is 15.7 Å². The molecule has 0 spiro atoms. The molecule has 3 N–H and O–H groups in total. The third-order valence-corrected chi connectivity index (χ3v) is 5.45. The second-order valence-corrected chi connectivity index (χ2v) is 8.16. The number of rotatable bonds is 9. The summed E-state index contributed by atoms with van der Waals surface area (Å²) < 4.78 is 0. The Kier molecular flexibility index (Phi) is 9.61. The minimum Gasteiger partial charge on any atom is -0.402 e. The van der Waals surface area contributed by atoms with E-state index in [1.54, 1.807) is 13.1 Å². The van der Waals surface area contributed by atoms with Gasteiger partial charge in [-0.05, 0) is 56.9 Å². The first kappa shape index (κ1) is 25.3. The van der Waals surface area contributed by atoms with E-state index in [2.05, 4.69) is 18.8 Å². The average molecular weight is 449 g/mol. The molecule has 2 aromatic rings. The summed E-state index contributed by atoms with van der Waals surface area (Å²) in [4.78, 5) is 9.35. The molecule has 2 rings (SSSR count). The van der Waals surface area contributed by atoms with E-state index in [0.29, 0.717) is 23.4 Å². The van der Waals surface area contributed by atoms with Crippen LogP contribution in [-0.4, -0.2) is 17.1 Å².